The molecule has 7 nitrogen and oxygen atoms in total. The third-order valence-corrected chi connectivity index (χ3v) is 6.64. The molecule has 0 bridgehead atoms. The smallest absolute Gasteiger partial charge is 0.236 e. The van der Waals surface area contributed by atoms with Gasteiger partial charge in [0.05, 0.1) is 11.4 Å². The van der Waals surface area contributed by atoms with Gasteiger partial charge in [0, 0.05) is 39.9 Å². The Morgan fingerprint density at radius 3 is 2.81 bits per heavy atom. The molecular weight excluding hydrogens is 364 g/mol. The third-order valence-electron chi connectivity index (χ3n) is 4.86. The average molecular weight is 395 g/mol. The Morgan fingerprint density at radius 1 is 1.26 bits per heavy atom. The number of anilines is 1. The van der Waals surface area contributed by atoms with Crippen molar-refractivity contribution in [1.82, 2.24) is 10.6 Å². The number of nitrogens with one attached hydrogen (secondary N) is 2. The number of para-hydroxylation sites is 1. The van der Waals surface area contributed by atoms with Crippen LogP contribution in [0, 0.1) is 5.92 Å². The molecule has 1 fully saturated rings. The number of fused-ring (bicyclic) bond motifs is 1. The van der Waals surface area contributed by atoms with Crippen LogP contribution in [0.1, 0.15) is 24.8 Å². The molecule has 2 N–H and O–H groups in total. The molecule has 1 saturated carbocycles. The van der Waals surface area contributed by atoms with Gasteiger partial charge in [-0.2, -0.15) is 0 Å². The number of hydrogen-bond donors (Lipinski definition) is 2. The fourth-order valence-corrected chi connectivity index (χ4v) is 4.57. The molecule has 0 radical (unpaired) electrons. The summed E-state index contributed by atoms with van der Waals surface area (Å²) >= 11 is 0. The number of aliphatic imine (C=N–C) groups is 1. The molecule has 27 heavy (non-hydrogen) atoms. The fraction of sp³-hybridized carbons (Fsp3) is 0.632. The van der Waals surface area contributed by atoms with Gasteiger partial charge in [0.25, 0.3) is 0 Å². The van der Waals surface area contributed by atoms with Gasteiger partial charge < -0.3 is 15.4 Å². The van der Waals surface area contributed by atoms with Gasteiger partial charge >= 0.3 is 0 Å². The highest BCUT2D eigenvalue weighted by molar-refractivity contribution is 7.92. The zero-order chi connectivity index (χ0) is 19.1. The van der Waals surface area contributed by atoms with Crippen LogP contribution in [0.2, 0.25) is 0 Å². The van der Waals surface area contributed by atoms with Crippen LogP contribution in [0.5, 0.6) is 0 Å². The first-order chi connectivity index (χ1) is 13.1. The number of ether oxygens (including phenoxy) is 1. The standard InChI is InChI=1S/C19H30N4O3S/c1-20-19(21-10-4-13-26-15-16-7-8-16)22-11-14-27(24,25)23-12-9-17-5-2-3-6-18(17)23/h2-3,5-6,16H,4,7-15H2,1H3,(H2,20,21,22). The Morgan fingerprint density at radius 2 is 2.04 bits per heavy atom. The lowest BCUT2D eigenvalue weighted by Crippen LogP contribution is -2.42. The van der Waals surface area contributed by atoms with E-state index in [9.17, 15) is 8.42 Å². The van der Waals surface area contributed by atoms with Crippen LogP contribution in [0.4, 0.5) is 5.69 Å². The Bertz CT molecular complexity index is 747. The zero-order valence-corrected chi connectivity index (χ0v) is 16.8. The summed E-state index contributed by atoms with van der Waals surface area (Å²) in [6, 6.07) is 7.69. The van der Waals surface area contributed by atoms with Crippen LogP contribution >= 0.6 is 0 Å². The van der Waals surface area contributed by atoms with E-state index in [2.05, 4.69) is 15.6 Å². The predicted molar refractivity (Wildman–Crippen MR) is 109 cm³/mol. The molecule has 0 saturated heterocycles. The number of nitrogens with zero attached hydrogens (tertiary/aromatic N) is 2. The summed E-state index contributed by atoms with van der Waals surface area (Å²) in [4.78, 5) is 4.14. The minimum Gasteiger partial charge on any atom is -0.381 e. The molecule has 8 heteroatoms. The van der Waals surface area contributed by atoms with Gasteiger partial charge in [0.2, 0.25) is 10.0 Å². The lowest BCUT2D eigenvalue weighted by atomic mass is 10.2. The van der Waals surface area contributed by atoms with E-state index in [0.29, 0.717) is 19.0 Å². The van der Waals surface area contributed by atoms with Crippen molar-refractivity contribution >= 4 is 21.7 Å². The van der Waals surface area contributed by atoms with E-state index in [1.165, 1.54) is 17.1 Å². The largest absolute Gasteiger partial charge is 0.381 e. The van der Waals surface area contributed by atoms with E-state index in [-0.39, 0.29) is 5.75 Å². The van der Waals surface area contributed by atoms with Crippen molar-refractivity contribution in [2.24, 2.45) is 10.9 Å². The van der Waals surface area contributed by atoms with Crippen molar-refractivity contribution in [3.8, 4) is 0 Å². The average Bonchev–Trinajstić information content (AvgIpc) is 3.38. The first-order valence-corrected chi connectivity index (χ1v) is 11.3. The second-order valence-corrected chi connectivity index (χ2v) is 9.08. The number of hydrogen-bond acceptors (Lipinski definition) is 4. The van der Waals surface area contributed by atoms with Gasteiger partial charge in [-0.1, -0.05) is 18.2 Å². The number of benzene rings is 1. The number of guanidine groups is 1. The maximum Gasteiger partial charge on any atom is 0.236 e. The second kappa shape index (κ2) is 9.41. The molecular formula is C19H30N4O3S. The van der Waals surface area contributed by atoms with Gasteiger partial charge in [-0.25, -0.2) is 8.42 Å². The zero-order valence-electron chi connectivity index (χ0n) is 16.0. The van der Waals surface area contributed by atoms with E-state index in [1.807, 2.05) is 24.3 Å². The molecule has 3 rings (SSSR count). The molecule has 1 aliphatic carbocycles. The maximum atomic E-state index is 12.7. The molecule has 2 aliphatic rings. The molecule has 1 heterocycles. The maximum absolute atomic E-state index is 12.7. The summed E-state index contributed by atoms with van der Waals surface area (Å²) in [6.45, 7) is 3.21. The number of rotatable bonds is 10. The lowest BCUT2D eigenvalue weighted by molar-refractivity contribution is 0.123. The van der Waals surface area contributed by atoms with Crippen molar-refractivity contribution in [2.45, 2.75) is 25.7 Å². The minimum absolute atomic E-state index is 0.0343. The molecule has 0 aromatic heterocycles. The highest BCUT2D eigenvalue weighted by Crippen LogP contribution is 2.30. The van der Waals surface area contributed by atoms with Crippen LogP contribution in [-0.2, 0) is 21.2 Å². The molecule has 0 amide bonds. The normalized spacial score (nSPS) is 17.1. The Hall–Kier alpha value is -1.80. The monoisotopic (exact) mass is 394 g/mol. The molecule has 150 valence electrons. The lowest BCUT2D eigenvalue weighted by Gasteiger charge is -2.20. The minimum atomic E-state index is -3.34. The van der Waals surface area contributed by atoms with Crippen molar-refractivity contribution < 1.29 is 13.2 Å². The van der Waals surface area contributed by atoms with E-state index >= 15 is 0 Å². The van der Waals surface area contributed by atoms with Crippen molar-refractivity contribution in [2.75, 3.05) is 50.0 Å². The van der Waals surface area contributed by atoms with E-state index in [1.54, 1.807) is 7.05 Å². The van der Waals surface area contributed by atoms with Gasteiger partial charge in [-0.3, -0.25) is 9.30 Å². The van der Waals surface area contributed by atoms with E-state index in [4.69, 9.17) is 4.74 Å². The highest BCUT2D eigenvalue weighted by Gasteiger charge is 2.28. The molecule has 1 aliphatic heterocycles. The summed E-state index contributed by atoms with van der Waals surface area (Å²) in [7, 11) is -1.66. The summed E-state index contributed by atoms with van der Waals surface area (Å²) in [5.74, 6) is 1.44. The molecule has 0 unspecified atom stereocenters. The Labute approximate surface area is 162 Å². The van der Waals surface area contributed by atoms with Gasteiger partial charge in [-0.05, 0) is 43.2 Å². The molecule has 0 atom stereocenters. The van der Waals surface area contributed by atoms with Gasteiger partial charge in [0.1, 0.15) is 0 Å². The van der Waals surface area contributed by atoms with Crippen LogP contribution in [0.15, 0.2) is 29.3 Å². The first-order valence-electron chi connectivity index (χ1n) is 9.71. The second-order valence-electron chi connectivity index (χ2n) is 7.06. The first kappa shape index (κ1) is 19.9. The summed E-state index contributed by atoms with van der Waals surface area (Å²) < 4.78 is 32.5. The van der Waals surface area contributed by atoms with Crippen LogP contribution in [-0.4, -0.2) is 60.0 Å². The SMILES string of the molecule is CN=C(NCCCOCC1CC1)NCCS(=O)(=O)N1CCc2ccccc21. The van der Waals surface area contributed by atoms with Crippen molar-refractivity contribution in [3.63, 3.8) is 0 Å². The quantitative estimate of drug-likeness (QED) is 0.356. The van der Waals surface area contributed by atoms with Crippen LogP contribution in [0.25, 0.3) is 0 Å². The molecule has 0 spiro atoms. The molecule has 1 aromatic rings. The highest BCUT2D eigenvalue weighted by atomic mass is 32.2. The van der Waals surface area contributed by atoms with Crippen molar-refractivity contribution in [3.05, 3.63) is 29.8 Å². The van der Waals surface area contributed by atoms with E-state index in [0.717, 1.165) is 49.8 Å². The topological polar surface area (TPSA) is 83.0 Å². The third kappa shape index (κ3) is 5.84. The Balaban J connectivity index is 1.36. The van der Waals surface area contributed by atoms with Crippen molar-refractivity contribution in [1.29, 1.82) is 0 Å². The summed E-state index contributed by atoms with van der Waals surface area (Å²) in [5, 5.41) is 6.28. The predicted octanol–water partition coefficient (Wildman–Crippen LogP) is 1.36. The van der Waals surface area contributed by atoms with Gasteiger partial charge in [-0.15, -0.1) is 0 Å². The van der Waals surface area contributed by atoms with Gasteiger partial charge in [0.15, 0.2) is 5.96 Å². The fourth-order valence-electron chi connectivity index (χ4n) is 3.14. The number of sulfonamides is 1. The summed E-state index contributed by atoms with van der Waals surface area (Å²) in [6.07, 6.45) is 4.28. The summed E-state index contributed by atoms with van der Waals surface area (Å²) in [5.41, 5.74) is 1.90. The van der Waals surface area contributed by atoms with Crippen LogP contribution < -0.4 is 14.9 Å². The molecule has 1 aromatic carbocycles. The van der Waals surface area contributed by atoms with Crippen LogP contribution in [0.3, 0.4) is 0 Å². The Kier molecular flexibility index (Phi) is 6.95. The van der Waals surface area contributed by atoms with E-state index < -0.39 is 10.0 Å².